The molecule has 0 heterocycles. The molecule has 0 radical (unpaired) electrons. The van der Waals surface area contributed by atoms with E-state index in [1.54, 1.807) is 25.1 Å². The molecular weight excluding hydrogens is 331 g/mol. The predicted molar refractivity (Wildman–Crippen MR) is 87.6 cm³/mol. The molecule has 0 saturated carbocycles. The Labute approximate surface area is 137 Å². The van der Waals surface area contributed by atoms with Gasteiger partial charge in [0.2, 0.25) is 0 Å². The second-order valence-corrected chi connectivity index (χ2v) is 5.47. The largest absolute Gasteiger partial charge is 0.271 e. The van der Waals surface area contributed by atoms with Gasteiger partial charge in [0.15, 0.2) is 0 Å². The van der Waals surface area contributed by atoms with Crippen molar-refractivity contribution in [1.29, 1.82) is 0 Å². The van der Waals surface area contributed by atoms with E-state index < -0.39 is 0 Å². The van der Waals surface area contributed by atoms with E-state index in [0.717, 1.165) is 5.56 Å². The lowest BCUT2D eigenvalue weighted by Crippen LogP contribution is -2.19. The van der Waals surface area contributed by atoms with Gasteiger partial charge in [0.1, 0.15) is 0 Å². The second-order valence-electron chi connectivity index (χ2n) is 4.25. The zero-order valence-corrected chi connectivity index (χ0v) is 13.3. The van der Waals surface area contributed by atoms with Crippen molar-refractivity contribution in [2.45, 2.75) is 6.92 Å². The average molecular weight is 342 g/mol. The first kappa shape index (κ1) is 15.8. The summed E-state index contributed by atoms with van der Waals surface area (Å²) in [4.78, 5) is 12.0. The van der Waals surface area contributed by atoms with Crippen molar-refractivity contribution in [1.82, 2.24) is 5.43 Å². The summed E-state index contributed by atoms with van der Waals surface area (Å²) in [5, 5.41) is 5.32. The van der Waals surface area contributed by atoms with E-state index in [1.165, 1.54) is 6.07 Å². The number of halogens is 3. The summed E-state index contributed by atoms with van der Waals surface area (Å²) in [6.07, 6.45) is 0. The molecule has 0 spiro atoms. The first-order valence-electron chi connectivity index (χ1n) is 6.03. The van der Waals surface area contributed by atoms with Gasteiger partial charge >= 0.3 is 0 Å². The zero-order valence-electron chi connectivity index (χ0n) is 11.0. The Morgan fingerprint density at radius 1 is 1.00 bits per heavy atom. The predicted octanol–water partition coefficient (Wildman–Crippen LogP) is 4.80. The molecule has 0 aliphatic carbocycles. The zero-order chi connectivity index (χ0) is 15.4. The van der Waals surface area contributed by atoms with Crippen LogP contribution < -0.4 is 5.43 Å². The SMILES string of the molecule is CC(=NNC(=O)c1ccc(Cl)c(Cl)c1)c1ccccc1Cl. The summed E-state index contributed by atoms with van der Waals surface area (Å²) in [7, 11) is 0. The number of amides is 1. The van der Waals surface area contributed by atoms with Crippen LogP contribution in [0.1, 0.15) is 22.8 Å². The smallest absolute Gasteiger partial charge is 0.267 e. The van der Waals surface area contributed by atoms with E-state index in [4.69, 9.17) is 34.8 Å². The Bertz CT molecular complexity index is 714. The molecule has 1 amide bonds. The molecule has 0 atom stereocenters. The topological polar surface area (TPSA) is 41.5 Å². The van der Waals surface area contributed by atoms with Crippen LogP contribution >= 0.6 is 34.8 Å². The van der Waals surface area contributed by atoms with Crippen molar-refractivity contribution in [2.24, 2.45) is 5.10 Å². The number of benzene rings is 2. The van der Waals surface area contributed by atoms with Crippen LogP contribution in [0.5, 0.6) is 0 Å². The first-order valence-corrected chi connectivity index (χ1v) is 7.17. The van der Waals surface area contributed by atoms with Crippen LogP contribution in [0.25, 0.3) is 0 Å². The minimum absolute atomic E-state index is 0.316. The summed E-state index contributed by atoms with van der Waals surface area (Å²) in [5.41, 5.74) is 4.20. The van der Waals surface area contributed by atoms with E-state index in [-0.39, 0.29) is 5.91 Å². The lowest BCUT2D eigenvalue weighted by atomic mass is 10.1. The van der Waals surface area contributed by atoms with Crippen LogP contribution in [0, 0.1) is 0 Å². The lowest BCUT2D eigenvalue weighted by Gasteiger charge is -2.05. The van der Waals surface area contributed by atoms with Gasteiger partial charge in [-0.15, -0.1) is 0 Å². The fraction of sp³-hybridized carbons (Fsp3) is 0.0667. The van der Waals surface area contributed by atoms with Crippen LogP contribution in [-0.2, 0) is 0 Å². The minimum Gasteiger partial charge on any atom is -0.267 e. The molecule has 2 aromatic carbocycles. The lowest BCUT2D eigenvalue weighted by molar-refractivity contribution is 0.0955. The highest BCUT2D eigenvalue weighted by Gasteiger charge is 2.08. The Hall–Kier alpha value is -1.55. The summed E-state index contributed by atoms with van der Waals surface area (Å²) in [5.74, 6) is -0.375. The highest BCUT2D eigenvalue weighted by atomic mass is 35.5. The minimum atomic E-state index is -0.375. The van der Waals surface area contributed by atoms with Gasteiger partial charge in [-0.3, -0.25) is 4.79 Å². The second kappa shape index (κ2) is 6.94. The van der Waals surface area contributed by atoms with E-state index in [0.29, 0.717) is 26.3 Å². The van der Waals surface area contributed by atoms with Crippen LogP contribution in [0.2, 0.25) is 15.1 Å². The van der Waals surface area contributed by atoms with Crippen LogP contribution in [0.3, 0.4) is 0 Å². The molecule has 0 aliphatic rings. The third-order valence-electron chi connectivity index (χ3n) is 2.77. The molecule has 0 bridgehead atoms. The molecule has 1 N–H and O–H groups in total. The van der Waals surface area contributed by atoms with Gasteiger partial charge in [0.05, 0.1) is 15.8 Å². The first-order chi connectivity index (χ1) is 9.99. The number of rotatable bonds is 3. The average Bonchev–Trinajstić information content (AvgIpc) is 2.47. The number of hydrazone groups is 1. The molecule has 2 rings (SSSR count). The molecule has 6 heteroatoms. The summed E-state index contributed by atoms with van der Waals surface area (Å²) < 4.78 is 0. The van der Waals surface area contributed by atoms with Crippen molar-refractivity contribution in [3.8, 4) is 0 Å². The number of hydrogen-bond donors (Lipinski definition) is 1. The maximum atomic E-state index is 12.0. The van der Waals surface area contributed by atoms with Crippen molar-refractivity contribution in [3.05, 3.63) is 68.7 Å². The van der Waals surface area contributed by atoms with Gasteiger partial charge < -0.3 is 0 Å². The van der Waals surface area contributed by atoms with Gasteiger partial charge in [-0.1, -0.05) is 53.0 Å². The van der Waals surface area contributed by atoms with Crippen LogP contribution in [0.4, 0.5) is 0 Å². The molecule has 0 unspecified atom stereocenters. The summed E-state index contributed by atoms with van der Waals surface area (Å²) >= 11 is 17.7. The molecule has 21 heavy (non-hydrogen) atoms. The Morgan fingerprint density at radius 3 is 2.38 bits per heavy atom. The molecular formula is C15H11Cl3N2O. The Balaban J connectivity index is 2.14. The summed E-state index contributed by atoms with van der Waals surface area (Å²) in [6, 6.07) is 11.9. The molecule has 0 aliphatic heterocycles. The molecule has 108 valence electrons. The normalized spacial score (nSPS) is 11.3. The highest BCUT2D eigenvalue weighted by Crippen LogP contribution is 2.22. The van der Waals surface area contributed by atoms with Crippen molar-refractivity contribution < 1.29 is 4.79 Å². The van der Waals surface area contributed by atoms with Gasteiger partial charge in [-0.25, -0.2) is 5.43 Å². The fourth-order valence-corrected chi connectivity index (χ4v) is 2.22. The van der Waals surface area contributed by atoms with Gasteiger partial charge in [0.25, 0.3) is 5.91 Å². The van der Waals surface area contributed by atoms with Crippen LogP contribution in [0.15, 0.2) is 47.6 Å². The number of carbonyl (C=O) groups is 1. The Kier molecular flexibility index (Phi) is 5.23. The maximum Gasteiger partial charge on any atom is 0.271 e. The molecule has 0 fully saturated rings. The third kappa shape index (κ3) is 3.97. The quantitative estimate of drug-likeness (QED) is 0.632. The van der Waals surface area contributed by atoms with Crippen LogP contribution in [-0.4, -0.2) is 11.6 Å². The van der Waals surface area contributed by atoms with E-state index in [1.807, 2.05) is 18.2 Å². The van der Waals surface area contributed by atoms with Gasteiger partial charge in [0, 0.05) is 16.1 Å². The Morgan fingerprint density at radius 2 is 1.71 bits per heavy atom. The third-order valence-corrected chi connectivity index (χ3v) is 3.84. The van der Waals surface area contributed by atoms with Crippen molar-refractivity contribution in [2.75, 3.05) is 0 Å². The molecule has 3 nitrogen and oxygen atoms in total. The number of hydrogen-bond acceptors (Lipinski definition) is 2. The molecule has 0 aromatic heterocycles. The maximum absolute atomic E-state index is 12.0. The molecule has 2 aromatic rings. The van der Waals surface area contributed by atoms with Crippen molar-refractivity contribution >= 4 is 46.4 Å². The highest BCUT2D eigenvalue weighted by molar-refractivity contribution is 6.42. The standard InChI is InChI=1S/C15H11Cl3N2O/c1-9(11-4-2-3-5-12(11)16)19-20-15(21)10-6-7-13(17)14(18)8-10/h2-8H,1H3,(H,20,21). The number of nitrogens with one attached hydrogen (secondary N) is 1. The number of carbonyl (C=O) groups excluding carboxylic acids is 1. The fourth-order valence-electron chi connectivity index (χ4n) is 1.65. The summed E-state index contributed by atoms with van der Waals surface area (Å²) in [6.45, 7) is 1.76. The monoisotopic (exact) mass is 340 g/mol. The van der Waals surface area contributed by atoms with E-state index in [2.05, 4.69) is 10.5 Å². The van der Waals surface area contributed by atoms with E-state index in [9.17, 15) is 4.79 Å². The van der Waals surface area contributed by atoms with Gasteiger partial charge in [-0.2, -0.15) is 5.10 Å². The van der Waals surface area contributed by atoms with Crippen molar-refractivity contribution in [3.63, 3.8) is 0 Å². The van der Waals surface area contributed by atoms with Gasteiger partial charge in [-0.05, 0) is 31.2 Å². The van der Waals surface area contributed by atoms with E-state index >= 15 is 0 Å². The molecule has 0 saturated heterocycles. The number of nitrogens with zero attached hydrogens (tertiary/aromatic N) is 1.